The van der Waals surface area contributed by atoms with Gasteiger partial charge >= 0.3 is 0 Å². The van der Waals surface area contributed by atoms with Gasteiger partial charge in [-0.05, 0) is 16.4 Å². The third-order valence-electron chi connectivity index (χ3n) is 2.54. The molecule has 0 saturated carbocycles. The number of carboxylic acid groups (broad SMARTS) is 5. The summed E-state index contributed by atoms with van der Waals surface area (Å²) in [4.78, 5) is 59.2. The number of nitro benzene ring substituents is 1. The molecule has 0 spiro atoms. The van der Waals surface area contributed by atoms with Gasteiger partial charge in [-0.25, -0.2) is 4.63 Å². The lowest BCUT2D eigenvalue weighted by atomic mass is 10.2. The van der Waals surface area contributed by atoms with E-state index >= 15 is 0 Å². The van der Waals surface area contributed by atoms with Gasteiger partial charge in [-0.2, -0.15) is 4.98 Å². The van der Waals surface area contributed by atoms with Crippen molar-refractivity contribution < 1.29 is 63.6 Å². The standard InChI is InChI=1S/C10H5ClN6O4.5C2H4O2/c11-6-2-1-4(17(18)19)3-5(6)10-13-9(16-20-10)7-8(12)15-21-14-7;5*1-2(3)4/h1-3H,(H2,12,15);5*1H3,(H,3,4). The Bertz CT molecular complexity index is 1220. The Balaban J connectivity index is -0.000000591. The molecule has 0 amide bonds. The highest BCUT2D eigenvalue weighted by Gasteiger charge is 2.20. The van der Waals surface area contributed by atoms with Crippen molar-refractivity contribution in [2.45, 2.75) is 34.6 Å². The van der Waals surface area contributed by atoms with Crippen LogP contribution in [0.25, 0.3) is 23.0 Å². The van der Waals surface area contributed by atoms with E-state index in [2.05, 4.69) is 25.1 Å². The molecule has 41 heavy (non-hydrogen) atoms. The molecule has 3 aromatic rings. The number of carboxylic acids is 5. The fourth-order valence-electron chi connectivity index (χ4n) is 1.57. The van der Waals surface area contributed by atoms with Gasteiger partial charge in [-0.1, -0.05) is 16.8 Å². The van der Waals surface area contributed by atoms with E-state index in [1.165, 1.54) is 18.2 Å². The first-order valence-corrected chi connectivity index (χ1v) is 10.4. The second kappa shape index (κ2) is 21.3. The summed E-state index contributed by atoms with van der Waals surface area (Å²) in [5.41, 5.74) is 5.68. The number of carbonyl (C=O) groups is 5. The first-order chi connectivity index (χ1) is 18.7. The Morgan fingerprint density at radius 2 is 1.24 bits per heavy atom. The van der Waals surface area contributed by atoms with Gasteiger partial charge in [0.1, 0.15) is 0 Å². The molecular weight excluding hydrogens is 584 g/mol. The largest absolute Gasteiger partial charge is 0.481 e. The molecule has 0 atom stereocenters. The van der Waals surface area contributed by atoms with Crippen LogP contribution in [0.1, 0.15) is 34.6 Å². The SMILES string of the molecule is CC(=O)O.CC(=O)O.CC(=O)O.CC(=O)O.CC(=O)O.Nc1nonc1-c1noc(-c2cc([N+](=O)[O-])ccc2Cl)n1. The number of nitrogen functional groups attached to an aromatic ring is 1. The Hall–Kier alpha value is -5.66. The van der Waals surface area contributed by atoms with Crippen LogP contribution in [0.3, 0.4) is 0 Å². The molecule has 0 unspecified atom stereocenters. The van der Waals surface area contributed by atoms with Crippen LogP contribution in [0.15, 0.2) is 27.4 Å². The van der Waals surface area contributed by atoms with Crippen molar-refractivity contribution in [1.82, 2.24) is 20.5 Å². The number of rotatable bonds is 3. The molecule has 7 N–H and O–H groups in total. The minimum absolute atomic E-state index is 0.00695. The maximum atomic E-state index is 10.8. The molecule has 2 aromatic heterocycles. The van der Waals surface area contributed by atoms with Crippen molar-refractivity contribution in [3.63, 3.8) is 0 Å². The molecule has 1 aromatic carbocycles. The number of nitrogens with zero attached hydrogens (tertiary/aromatic N) is 5. The zero-order valence-electron chi connectivity index (χ0n) is 21.8. The minimum Gasteiger partial charge on any atom is -0.481 e. The first-order valence-electron chi connectivity index (χ1n) is 10.1. The van der Waals surface area contributed by atoms with Crippen LogP contribution < -0.4 is 5.73 Å². The second-order valence-electron chi connectivity index (χ2n) is 6.44. The van der Waals surface area contributed by atoms with Crippen LogP contribution in [0.5, 0.6) is 0 Å². The highest BCUT2D eigenvalue weighted by Crippen LogP contribution is 2.31. The summed E-state index contributed by atoms with van der Waals surface area (Å²) >= 11 is 5.98. The van der Waals surface area contributed by atoms with Crippen LogP contribution in [0.4, 0.5) is 11.5 Å². The second-order valence-corrected chi connectivity index (χ2v) is 6.84. The van der Waals surface area contributed by atoms with Crippen LogP contribution in [0, 0.1) is 10.1 Å². The molecule has 2 heterocycles. The highest BCUT2D eigenvalue weighted by atomic mass is 35.5. The normalized spacial score (nSPS) is 8.54. The van der Waals surface area contributed by atoms with Gasteiger partial charge in [0.25, 0.3) is 41.4 Å². The highest BCUT2D eigenvalue weighted by molar-refractivity contribution is 6.33. The first kappa shape index (κ1) is 39.8. The van der Waals surface area contributed by atoms with E-state index in [9.17, 15) is 10.1 Å². The predicted molar refractivity (Wildman–Crippen MR) is 136 cm³/mol. The van der Waals surface area contributed by atoms with Crippen LogP contribution >= 0.6 is 11.6 Å². The molecule has 0 saturated heterocycles. The summed E-state index contributed by atoms with van der Waals surface area (Å²) < 4.78 is 9.44. The summed E-state index contributed by atoms with van der Waals surface area (Å²) in [6.07, 6.45) is 0. The molecule has 20 nitrogen and oxygen atoms in total. The average molecular weight is 609 g/mol. The molecule has 0 bridgehead atoms. The maximum Gasteiger partial charge on any atom is 0.300 e. The van der Waals surface area contributed by atoms with Gasteiger partial charge in [0.15, 0.2) is 11.5 Å². The molecule has 226 valence electrons. The third kappa shape index (κ3) is 24.4. The summed E-state index contributed by atoms with van der Waals surface area (Å²) in [5.74, 6) is -4.15. The lowest BCUT2D eigenvalue weighted by molar-refractivity contribution is -0.384. The van der Waals surface area contributed by atoms with E-state index in [1.54, 1.807) is 0 Å². The quantitative estimate of drug-likeness (QED) is 0.183. The van der Waals surface area contributed by atoms with Crippen LogP contribution in [-0.4, -0.2) is 80.8 Å². The van der Waals surface area contributed by atoms with E-state index in [0.717, 1.165) is 34.6 Å². The predicted octanol–water partition coefficient (Wildman–Crippen LogP) is 2.38. The molecule has 0 fully saturated rings. The Labute approximate surface area is 234 Å². The maximum absolute atomic E-state index is 10.8. The molecule has 3 rings (SSSR count). The topological polar surface area (TPSA) is 333 Å². The van der Waals surface area contributed by atoms with Gasteiger partial charge < -0.3 is 35.8 Å². The molecule has 21 heteroatoms. The van der Waals surface area contributed by atoms with Gasteiger partial charge in [0, 0.05) is 46.8 Å². The van der Waals surface area contributed by atoms with Crippen molar-refractivity contribution in [1.29, 1.82) is 0 Å². The fraction of sp³-hybridized carbons (Fsp3) is 0.250. The number of nitrogens with two attached hydrogens (primary N) is 1. The number of nitro groups is 1. The third-order valence-corrected chi connectivity index (χ3v) is 2.87. The number of hydrogen-bond donors (Lipinski definition) is 6. The zero-order valence-corrected chi connectivity index (χ0v) is 22.6. The lowest BCUT2D eigenvalue weighted by Gasteiger charge is -1.98. The van der Waals surface area contributed by atoms with E-state index in [4.69, 9.17) is 71.4 Å². The van der Waals surface area contributed by atoms with E-state index in [1.807, 2.05) is 0 Å². The van der Waals surface area contributed by atoms with E-state index in [0.29, 0.717) is 0 Å². The van der Waals surface area contributed by atoms with Crippen LogP contribution in [-0.2, 0) is 24.0 Å². The summed E-state index contributed by atoms with van der Waals surface area (Å²) in [7, 11) is 0. The molecule has 0 aliphatic carbocycles. The Morgan fingerprint density at radius 3 is 1.59 bits per heavy atom. The molecule has 0 aliphatic rings. The number of non-ortho nitro benzene ring substituents is 1. The number of benzene rings is 1. The Morgan fingerprint density at radius 1 is 0.829 bits per heavy atom. The number of hydrogen-bond acceptors (Lipinski definition) is 14. The summed E-state index contributed by atoms with van der Waals surface area (Å²) in [6, 6.07) is 3.86. The summed E-state index contributed by atoms with van der Waals surface area (Å²) in [6.45, 7) is 5.42. The lowest BCUT2D eigenvalue weighted by Crippen LogP contribution is -1.91. The van der Waals surface area contributed by atoms with Gasteiger partial charge in [0.05, 0.1) is 15.5 Å². The van der Waals surface area contributed by atoms with Crippen molar-refractivity contribution in [3.8, 4) is 23.0 Å². The van der Waals surface area contributed by atoms with Crippen molar-refractivity contribution >= 4 is 53.0 Å². The van der Waals surface area contributed by atoms with Crippen molar-refractivity contribution in [2.24, 2.45) is 0 Å². The average Bonchev–Trinajstić information content (AvgIpc) is 3.40. The number of aromatic nitrogens is 4. The summed E-state index contributed by atoms with van der Waals surface area (Å²) in [5, 5.41) is 58.7. The number of halogens is 1. The molecule has 0 radical (unpaired) electrons. The van der Waals surface area contributed by atoms with E-state index < -0.39 is 34.8 Å². The van der Waals surface area contributed by atoms with Crippen molar-refractivity contribution in [3.05, 3.63) is 33.3 Å². The number of aliphatic carboxylic acids is 5. The molecule has 0 aliphatic heterocycles. The Kier molecular flexibility index (Phi) is 20.7. The van der Waals surface area contributed by atoms with Gasteiger partial charge in [0.2, 0.25) is 5.82 Å². The zero-order chi connectivity index (χ0) is 32.9. The monoisotopic (exact) mass is 608 g/mol. The van der Waals surface area contributed by atoms with Gasteiger partial charge in [-0.3, -0.25) is 34.1 Å². The molecular formula is C20H25ClN6O14. The smallest absolute Gasteiger partial charge is 0.300 e. The van der Waals surface area contributed by atoms with Crippen molar-refractivity contribution in [2.75, 3.05) is 5.73 Å². The fourth-order valence-corrected chi connectivity index (χ4v) is 1.77. The number of anilines is 1. The van der Waals surface area contributed by atoms with E-state index in [-0.39, 0.29) is 39.5 Å². The van der Waals surface area contributed by atoms with Crippen LogP contribution in [0.2, 0.25) is 5.02 Å². The minimum atomic E-state index is -0.833. The van der Waals surface area contributed by atoms with Gasteiger partial charge in [-0.15, -0.1) is 0 Å².